The molecule has 2 nitrogen and oxygen atoms in total. The zero-order valence-electron chi connectivity index (χ0n) is 8.28. The summed E-state index contributed by atoms with van der Waals surface area (Å²) in [5.41, 5.74) is 6.03. The maximum atomic E-state index is 13.3. The minimum atomic E-state index is -1.01. The van der Waals surface area contributed by atoms with Crippen LogP contribution in [0, 0.1) is 11.6 Å². The quantitative estimate of drug-likeness (QED) is 0.789. The van der Waals surface area contributed by atoms with Crippen molar-refractivity contribution in [2.24, 2.45) is 0 Å². The zero-order chi connectivity index (χ0) is 11.5. The summed E-state index contributed by atoms with van der Waals surface area (Å²) in [6.45, 7) is 0. The lowest BCUT2D eigenvalue weighted by Gasteiger charge is -2.07. The van der Waals surface area contributed by atoms with Crippen LogP contribution in [0.4, 0.5) is 14.5 Å². The van der Waals surface area contributed by atoms with Gasteiger partial charge in [-0.25, -0.2) is 4.39 Å². The van der Waals surface area contributed by atoms with E-state index in [9.17, 15) is 8.78 Å². The SMILES string of the molecule is Nc1cccc(Oc2cccc(F)c2F)c1. The Hall–Kier alpha value is -2.10. The number of hydrogen-bond acceptors (Lipinski definition) is 2. The number of nitrogens with two attached hydrogens (primary N) is 1. The van der Waals surface area contributed by atoms with Gasteiger partial charge in [-0.3, -0.25) is 0 Å². The lowest BCUT2D eigenvalue weighted by atomic mass is 10.3. The topological polar surface area (TPSA) is 35.2 Å². The van der Waals surface area contributed by atoms with E-state index in [1.54, 1.807) is 18.2 Å². The van der Waals surface area contributed by atoms with Crippen LogP contribution in [0.15, 0.2) is 42.5 Å². The Kier molecular flexibility index (Phi) is 2.72. The second-order valence-corrected chi connectivity index (χ2v) is 3.23. The van der Waals surface area contributed by atoms with E-state index in [1.807, 2.05) is 0 Å². The van der Waals surface area contributed by atoms with Crippen molar-refractivity contribution in [2.45, 2.75) is 0 Å². The molecule has 82 valence electrons. The Labute approximate surface area is 91.3 Å². The minimum Gasteiger partial charge on any atom is -0.454 e. The van der Waals surface area contributed by atoms with E-state index in [0.717, 1.165) is 6.07 Å². The van der Waals surface area contributed by atoms with Gasteiger partial charge >= 0.3 is 0 Å². The standard InChI is InChI=1S/C12H9F2NO/c13-10-5-2-6-11(12(10)14)16-9-4-1-3-8(15)7-9/h1-7H,15H2. The van der Waals surface area contributed by atoms with Gasteiger partial charge in [-0.05, 0) is 24.3 Å². The minimum absolute atomic E-state index is 0.161. The normalized spacial score (nSPS) is 10.1. The van der Waals surface area contributed by atoms with Gasteiger partial charge in [-0.1, -0.05) is 12.1 Å². The monoisotopic (exact) mass is 221 g/mol. The highest BCUT2D eigenvalue weighted by Gasteiger charge is 2.09. The number of benzene rings is 2. The van der Waals surface area contributed by atoms with Gasteiger partial charge in [-0.15, -0.1) is 0 Å². The van der Waals surface area contributed by atoms with Crippen molar-refractivity contribution in [3.63, 3.8) is 0 Å². The molecule has 2 aromatic rings. The largest absolute Gasteiger partial charge is 0.454 e. The molecule has 0 atom stereocenters. The Morgan fingerprint density at radius 2 is 1.75 bits per heavy atom. The van der Waals surface area contributed by atoms with Gasteiger partial charge < -0.3 is 10.5 Å². The molecule has 0 aliphatic carbocycles. The molecule has 0 heterocycles. The molecule has 0 amide bonds. The Morgan fingerprint density at radius 3 is 2.50 bits per heavy atom. The first-order valence-electron chi connectivity index (χ1n) is 4.64. The van der Waals surface area contributed by atoms with Crippen molar-refractivity contribution in [2.75, 3.05) is 5.73 Å². The van der Waals surface area contributed by atoms with Crippen LogP contribution in [0.1, 0.15) is 0 Å². The number of rotatable bonds is 2. The van der Waals surface area contributed by atoms with Crippen LogP contribution >= 0.6 is 0 Å². The predicted molar refractivity (Wildman–Crippen MR) is 57.3 cm³/mol. The fraction of sp³-hybridized carbons (Fsp3) is 0. The first-order valence-corrected chi connectivity index (χ1v) is 4.64. The van der Waals surface area contributed by atoms with Gasteiger partial charge in [0, 0.05) is 11.8 Å². The van der Waals surface area contributed by atoms with Crippen LogP contribution in [-0.2, 0) is 0 Å². The molecule has 0 unspecified atom stereocenters. The van der Waals surface area contributed by atoms with Crippen LogP contribution < -0.4 is 10.5 Å². The zero-order valence-corrected chi connectivity index (χ0v) is 8.28. The number of hydrogen-bond donors (Lipinski definition) is 1. The molecule has 0 bridgehead atoms. The third-order valence-electron chi connectivity index (χ3n) is 2.00. The van der Waals surface area contributed by atoms with E-state index in [2.05, 4.69) is 0 Å². The molecule has 0 saturated carbocycles. The predicted octanol–water partition coefficient (Wildman–Crippen LogP) is 3.34. The number of ether oxygens (including phenoxy) is 1. The Balaban J connectivity index is 2.31. The number of anilines is 1. The van der Waals surface area contributed by atoms with E-state index in [0.29, 0.717) is 11.4 Å². The van der Waals surface area contributed by atoms with Crippen LogP contribution in [0.25, 0.3) is 0 Å². The molecule has 0 aliphatic heterocycles. The second-order valence-electron chi connectivity index (χ2n) is 3.23. The molecular formula is C12H9F2NO. The van der Waals surface area contributed by atoms with E-state index in [4.69, 9.17) is 10.5 Å². The van der Waals surface area contributed by atoms with Gasteiger partial charge in [0.1, 0.15) is 5.75 Å². The summed E-state index contributed by atoms with van der Waals surface area (Å²) in [5, 5.41) is 0. The van der Waals surface area contributed by atoms with Crippen molar-refractivity contribution in [1.29, 1.82) is 0 Å². The van der Waals surface area contributed by atoms with Crippen LogP contribution in [-0.4, -0.2) is 0 Å². The Bertz CT molecular complexity index is 514. The van der Waals surface area contributed by atoms with E-state index >= 15 is 0 Å². The average Bonchev–Trinajstić information content (AvgIpc) is 2.25. The van der Waals surface area contributed by atoms with Crippen molar-refractivity contribution in [3.8, 4) is 11.5 Å². The average molecular weight is 221 g/mol. The highest BCUT2D eigenvalue weighted by molar-refractivity contribution is 5.45. The maximum Gasteiger partial charge on any atom is 0.201 e. The molecule has 2 N–H and O–H groups in total. The third-order valence-corrected chi connectivity index (χ3v) is 2.00. The Morgan fingerprint density at radius 1 is 1.00 bits per heavy atom. The first kappa shape index (κ1) is 10.4. The molecule has 0 aliphatic rings. The molecule has 0 aromatic heterocycles. The molecular weight excluding hydrogens is 212 g/mol. The van der Waals surface area contributed by atoms with Crippen LogP contribution in [0.2, 0.25) is 0 Å². The highest BCUT2D eigenvalue weighted by Crippen LogP contribution is 2.26. The summed E-state index contributed by atoms with van der Waals surface area (Å²) in [4.78, 5) is 0. The molecule has 16 heavy (non-hydrogen) atoms. The molecule has 0 saturated heterocycles. The highest BCUT2D eigenvalue weighted by atomic mass is 19.2. The molecule has 0 radical (unpaired) electrons. The smallest absolute Gasteiger partial charge is 0.201 e. The summed E-state index contributed by atoms with van der Waals surface area (Å²) >= 11 is 0. The van der Waals surface area contributed by atoms with Crippen LogP contribution in [0.3, 0.4) is 0 Å². The van der Waals surface area contributed by atoms with Gasteiger partial charge in [0.2, 0.25) is 5.82 Å². The van der Waals surface area contributed by atoms with E-state index in [1.165, 1.54) is 18.2 Å². The number of nitrogen functional groups attached to an aromatic ring is 1. The fourth-order valence-corrected chi connectivity index (χ4v) is 1.27. The van der Waals surface area contributed by atoms with Crippen molar-refractivity contribution >= 4 is 5.69 Å². The summed E-state index contributed by atoms with van der Waals surface area (Å²) in [5.74, 6) is -1.75. The molecule has 2 rings (SSSR count). The molecule has 0 spiro atoms. The maximum absolute atomic E-state index is 13.3. The fourth-order valence-electron chi connectivity index (χ4n) is 1.27. The lowest BCUT2D eigenvalue weighted by molar-refractivity contribution is 0.416. The summed E-state index contributed by atoms with van der Waals surface area (Å²) in [6.07, 6.45) is 0. The van der Waals surface area contributed by atoms with Crippen LogP contribution in [0.5, 0.6) is 11.5 Å². The summed E-state index contributed by atoms with van der Waals surface area (Å²) < 4.78 is 31.3. The van der Waals surface area contributed by atoms with E-state index < -0.39 is 11.6 Å². The first-order chi connectivity index (χ1) is 7.66. The van der Waals surface area contributed by atoms with Gasteiger partial charge in [-0.2, -0.15) is 4.39 Å². The van der Waals surface area contributed by atoms with Gasteiger partial charge in [0.15, 0.2) is 11.6 Å². The lowest BCUT2D eigenvalue weighted by Crippen LogP contribution is -1.92. The molecule has 0 fully saturated rings. The second kappa shape index (κ2) is 4.18. The summed E-state index contributed by atoms with van der Waals surface area (Å²) in [7, 11) is 0. The van der Waals surface area contributed by atoms with Crippen molar-refractivity contribution < 1.29 is 13.5 Å². The van der Waals surface area contributed by atoms with Crippen molar-refractivity contribution in [3.05, 3.63) is 54.1 Å². The molecule has 4 heteroatoms. The van der Waals surface area contributed by atoms with Crippen molar-refractivity contribution in [1.82, 2.24) is 0 Å². The third kappa shape index (κ3) is 2.11. The van der Waals surface area contributed by atoms with E-state index in [-0.39, 0.29) is 5.75 Å². The number of halogens is 2. The van der Waals surface area contributed by atoms with Gasteiger partial charge in [0.05, 0.1) is 0 Å². The summed E-state index contributed by atoms with van der Waals surface area (Å²) in [6, 6.07) is 10.2. The van der Waals surface area contributed by atoms with Gasteiger partial charge in [0.25, 0.3) is 0 Å². The molecule has 2 aromatic carbocycles.